The summed E-state index contributed by atoms with van der Waals surface area (Å²) in [6.07, 6.45) is -1.29. The maximum absolute atomic E-state index is 9.75. The molecule has 0 aromatic carbocycles. The average Bonchev–Trinajstić information content (AvgIpc) is 2.41. The number of hydrogen-bond donors (Lipinski definition) is 2. The van der Waals surface area contributed by atoms with Gasteiger partial charge in [0, 0.05) is 39.3 Å². The molecule has 0 aromatic rings. The molecule has 0 aromatic heterocycles. The third kappa shape index (κ3) is 7.67. The van der Waals surface area contributed by atoms with Gasteiger partial charge in [0.1, 0.15) is 0 Å². The van der Waals surface area contributed by atoms with E-state index in [0.29, 0.717) is 19.6 Å². The van der Waals surface area contributed by atoms with E-state index >= 15 is 0 Å². The van der Waals surface area contributed by atoms with Gasteiger partial charge >= 0.3 is 9.05 Å². The zero-order valence-electron chi connectivity index (χ0n) is 17.6. The molecule has 0 spiro atoms. The first-order valence-electron chi connectivity index (χ1n) is 10.1. The van der Waals surface area contributed by atoms with Crippen LogP contribution >= 0.6 is 0 Å². The summed E-state index contributed by atoms with van der Waals surface area (Å²) in [6.45, 7) is 15.5. The van der Waals surface area contributed by atoms with Crippen molar-refractivity contribution in [3.05, 3.63) is 0 Å². The van der Waals surface area contributed by atoms with Gasteiger partial charge in [-0.25, -0.2) is 0 Å². The minimum atomic E-state index is -3.30. The van der Waals surface area contributed by atoms with Crippen molar-refractivity contribution in [2.75, 3.05) is 39.3 Å². The van der Waals surface area contributed by atoms with Crippen LogP contribution in [0.4, 0.5) is 0 Å². The number of nitrogens with zero attached hydrogens (tertiary/aromatic N) is 2. The van der Waals surface area contributed by atoms with E-state index in [-0.39, 0.29) is 24.4 Å². The lowest BCUT2D eigenvalue weighted by Crippen LogP contribution is -2.64. The highest BCUT2D eigenvalue weighted by atomic mass is 28.4. The first-order valence-corrected chi connectivity index (χ1v) is 11.7. The second-order valence-corrected chi connectivity index (χ2v) is 10.3. The van der Waals surface area contributed by atoms with Crippen molar-refractivity contribution in [2.24, 2.45) is 0 Å². The van der Waals surface area contributed by atoms with E-state index in [9.17, 15) is 10.2 Å². The fourth-order valence-electron chi connectivity index (χ4n) is 3.95. The van der Waals surface area contributed by atoms with Gasteiger partial charge in [-0.2, -0.15) is 0 Å². The average molecular weight is 407 g/mol. The maximum Gasteiger partial charge on any atom is 0.680 e. The first kappa shape index (κ1) is 23.2. The number of aliphatic hydroxyl groups is 2. The Morgan fingerprint density at radius 3 is 1.67 bits per heavy atom. The molecule has 3 aliphatic rings. The van der Waals surface area contributed by atoms with E-state index < -0.39 is 21.3 Å². The molecular weight excluding hydrogens is 368 g/mol. The van der Waals surface area contributed by atoms with Crippen LogP contribution in [0.15, 0.2) is 0 Å². The van der Waals surface area contributed by atoms with E-state index in [2.05, 4.69) is 4.90 Å². The summed E-state index contributed by atoms with van der Waals surface area (Å²) in [5, 5.41) is 19.5. The zero-order chi connectivity index (χ0) is 20.2. The summed E-state index contributed by atoms with van der Waals surface area (Å²) in [7, 11) is -3.30. The molecule has 0 saturated carbocycles. The zero-order valence-corrected chi connectivity index (χ0v) is 18.6. The minimum absolute atomic E-state index is 0.0325. The summed E-state index contributed by atoms with van der Waals surface area (Å²) in [5.74, 6) is 0. The highest BCUT2D eigenvalue weighted by Gasteiger charge is 2.54. The molecule has 3 fully saturated rings. The molecule has 0 amide bonds. The van der Waals surface area contributed by atoms with Crippen LogP contribution in [-0.2, 0) is 17.7 Å². The molecule has 3 aliphatic heterocycles. The molecule has 3 rings (SSSR count). The Kier molecular flexibility index (Phi) is 8.66. The van der Waals surface area contributed by atoms with Crippen molar-refractivity contribution in [2.45, 2.75) is 78.2 Å². The molecule has 6 atom stereocenters. The van der Waals surface area contributed by atoms with Crippen molar-refractivity contribution in [1.82, 2.24) is 9.80 Å². The number of rotatable bonds is 8. The molecule has 2 N–H and O–H groups in total. The molecule has 0 aliphatic carbocycles. The van der Waals surface area contributed by atoms with Crippen LogP contribution in [0.2, 0.25) is 0 Å². The lowest BCUT2D eigenvalue weighted by molar-refractivity contribution is -0.141. The molecule has 9 heteroatoms. The third-order valence-electron chi connectivity index (χ3n) is 4.49. The van der Waals surface area contributed by atoms with Crippen LogP contribution in [0.25, 0.3) is 0 Å². The van der Waals surface area contributed by atoms with Crippen LogP contribution in [0.5, 0.6) is 0 Å². The van der Waals surface area contributed by atoms with Crippen LogP contribution < -0.4 is 0 Å². The summed E-state index contributed by atoms with van der Waals surface area (Å²) >= 11 is 0. The molecule has 8 nitrogen and oxygen atoms in total. The predicted molar refractivity (Wildman–Crippen MR) is 104 cm³/mol. The quantitative estimate of drug-likeness (QED) is 0.562. The fraction of sp³-hybridized carbons (Fsp3) is 1.00. The molecule has 3 heterocycles. The van der Waals surface area contributed by atoms with E-state index in [1.165, 1.54) is 0 Å². The molecule has 27 heavy (non-hydrogen) atoms. The van der Waals surface area contributed by atoms with Gasteiger partial charge in [-0.05, 0) is 41.5 Å². The summed E-state index contributed by atoms with van der Waals surface area (Å²) < 4.78 is 25.0. The van der Waals surface area contributed by atoms with Crippen LogP contribution in [0, 0.1) is 0 Å². The third-order valence-corrected chi connectivity index (χ3v) is 7.25. The second kappa shape index (κ2) is 10.1. The van der Waals surface area contributed by atoms with Gasteiger partial charge in [0.15, 0.2) is 0 Å². The normalized spacial score (nSPS) is 38.1. The molecule has 0 radical (unpaired) electrons. The smallest absolute Gasteiger partial charge is 0.392 e. The number of aliphatic hydroxyl groups excluding tert-OH is 2. The summed E-state index contributed by atoms with van der Waals surface area (Å²) in [5.41, 5.74) is 0. The molecule has 3 saturated heterocycles. The summed E-state index contributed by atoms with van der Waals surface area (Å²) in [6, 6.07) is 0. The molecule has 6 unspecified atom stereocenters. The Bertz CT molecular complexity index is 410. The van der Waals surface area contributed by atoms with Crippen molar-refractivity contribution in [3.63, 3.8) is 0 Å². The van der Waals surface area contributed by atoms with Crippen molar-refractivity contribution in [3.8, 4) is 0 Å². The largest absolute Gasteiger partial charge is 0.680 e. The van der Waals surface area contributed by atoms with Gasteiger partial charge in [-0.3, -0.25) is 9.80 Å². The second-order valence-electron chi connectivity index (χ2n) is 8.35. The van der Waals surface area contributed by atoms with Crippen LogP contribution in [-0.4, -0.2) is 105 Å². The van der Waals surface area contributed by atoms with Gasteiger partial charge in [0.25, 0.3) is 0 Å². The lowest BCUT2D eigenvalue weighted by atomic mass is 10.2. The van der Waals surface area contributed by atoms with Crippen LogP contribution in [0.1, 0.15) is 41.5 Å². The Morgan fingerprint density at radius 1 is 0.889 bits per heavy atom. The number of hydrogen-bond acceptors (Lipinski definition) is 8. The topological polar surface area (TPSA) is 83.9 Å². The van der Waals surface area contributed by atoms with Crippen molar-refractivity contribution in [1.29, 1.82) is 0 Å². The van der Waals surface area contributed by atoms with E-state index in [4.69, 9.17) is 17.7 Å². The van der Waals surface area contributed by atoms with E-state index in [1.807, 2.05) is 32.6 Å². The van der Waals surface area contributed by atoms with Crippen molar-refractivity contribution < 1.29 is 27.9 Å². The molecular formula is C18H38N2O6Si. The van der Waals surface area contributed by atoms with E-state index in [1.54, 1.807) is 13.8 Å². The standard InChI is InChI=1S/C18H38N2O6Si/c1-13(21)7-19(8-14(2)22)9-15(3)23-27-24-16(4)10-20(11-17(5)25-27)12-18(6)26-27/h13-18,21-22H,7-12H2,1-6H3. The highest BCUT2D eigenvalue weighted by molar-refractivity contribution is 6.53. The van der Waals surface area contributed by atoms with Crippen LogP contribution in [0.3, 0.4) is 0 Å². The Hall–Kier alpha value is -0.103. The molecule has 160 valence electrons. The first-order chi connectivity index (χ1) is 12.6. The fourth-order valence-corrected chi connectivity index (χ4v) is 6.55. The highest BCUT2D eigenvalue weighted by Crippen LogP contribution is 2.27. The van der Waals surface area contributed by atoms with Gasteiger partial charge in [-0.15, -0.1) is 0 Å². The number of fused-ring (bicyclic) bond motifs is 6. The Balaban J connectivity index is 2.09. The minimum Gasteiger partial charge on any atom is -0.392 e. The molecule has 2 bridgehead atoms. The Morgan fingerprint density at radius 2 is 1.30 bits per heavy atom. The van der Waals surface area contributed by atoms with Gasteiger partial charge in [-0.1, -0.05) is 0 Å². The SMILES string of the molecule is CC(O)CN(CC(C)O)CC(C)O[Si]12OC(C)CN(CC(C)O1)CC(C)O2. The monoisotopic (exact) mass is 406 g/mol. The van der Waals surface area contributed by atoms with E-state index in [0.717, 1.165) is 19.6 Å². The Labute approximate surface area is 164 Å². The van der Waals surface area contributed by atoms with Crippen molar-refractivity contribution >= 4 is 9.05 Å². The van der Waals surface area contributed by atoms with Gasteiger partial charge < -0.3 is 27.9 Å². The predicted octanol–water partition coefficient (Wildman–Crippen LogP) is 0.435. The lowest BCUT2D eigenvalue weighted by Gasteiger charge is -2.45. The van der Waals surface area contributed by atoms with Gasteiger partial charge in [0.05, 0.1) is 36.6 Å². The summed E-state index contributed by atoms with van der Waals surface area (Å²) in [4.78, 5) is 4.31. The van der Waals surface area contributed by atoms with Gasteiger partial charge in [0.2, 0.25) is 0 Å². The maximum atomic E-state index is 9.75.